The molecule has 0 spiro atoms. The van der Waals surface area contributed by atoms with Crippen LogP contribution in [0.3, 0.4) is 0 Å². The second kappa shape index (κ2) is 7.98. The number of halogens is 2. The van der Waals surface area contributed by atoms with Crippen molar-refractivity contribution in [3.05, 3.63) is 57.4 Å². The molecule has 2 aliphatic heterocycles. The summed E-state index contributed by atoms with van der Waals surface area (Å²) in [6.07, 6.45) is 11.0. The number of hydrogen-bond donors (Lipinski definition) is 0. The van der Waals surface area contributed by atoms with Crippen LogP contribution in [0.5, 0.6) is 0 Å². The van der Waals surface area contributed by atoms with Crippen LogP contribution in [0.1, 0.15) is 44.1 Å². The van der Waals surface area contributed by atoms with Gasteiger partial charge in [-0.25, -0.2) is 0 Å². The van der Waals surface area contributed by atoms with E-state index in [1.165, 1.54) is 24.2 Å². The first-order valence-electron chi connectivity index (χ1n) is 10.8. The Balaban J connectivity index is 1.37. The Labute approximate surface area is 182 Å². The summed E-state index contributed by atoms with van der Waals surface area (Å²) in [6, 6.07) is 6.19. The van der Waals surface area contributed by atoms with Gasteiger partial charge in [-0.1, -0.05) is 29.3 Å². The summed E-state index contributed by atoms with van der Waals surface area (Å²) in [7, 11) is 0. The van der Waals surface area contributed by atoms with E-state index < -0.39 is 0 Å². The number of rotatable bonds is 4. The fraction of sp³-hybridized carbons (Fsp3) is 0.522. The van der Waals surface area contributed by atoms with E-state index in [0.717, 1.165) is 50.9 Å². The van der Waals surface area contributed by atoms with Gasteiger partial charge in [-0.2, -0.15) is 0 Å². The molecule has 154 valence electrons. The summed E-state index contributed by atoms with van der Waals surface area (Å²) >= 11 is 12.6. The minimum Gasteiger partial charge on any atom is -0.365 e. The Bertz CT molecular complexity index is 877. The molecule has 0 unspecified atom stereocenters. The van der Waals surface area contributed by atoms with Crippen LogP contribution in [0.25, 0.3) is 0 Å². The van der Waals surface area contributed by atoms with E-state index in [2.05, 4.69) is 26.9 Å². The van der Waals surface area contributed by atoms with Crippen molar-refractivity contribution in [2.45, 2.75) is 57.2 Å². The van der Waals surface area contributed by atoms with Gasteiger partial charge in [0.1, 0.15) is 0 Å². The fourth-order valence-electron chi connectivity index (χ4n) is 5.00. The summed E-state index contributed by atoms with van der Waals surface area (Å²) in [6.45, 7) is 3.35. The van der Waals surface area contributed by atoms with Crippen LogP contribution in [-0.2, 0) is 11.3 Å². The zero-order valence-electron chi connectivity index (χ0n) is 16.6. The third kappa shape index (κ3) is 3.83. The predicted octanol–water partition coefficient (Wildman–Crippen LogP) is 4.83. The number of amides is 1. The standard InChI is InChI=1S/C23H27Cl2N3O/c24-17-7-10-19(25)16(14-17)15-26-11-3-6-22(26)23(29)28-13-12-27(18-8-9-18)20-4-1-2-5-21(20)28/h1,4,7,10,14,18,22H,2-3,5-6,8-9,11-13,15H2/t22-/m1/s1. The lowest BCUT2D eigenvalue weighted by molar-refractivity contribution is -0.135. The number of hydrogen-bond acceptors (Lipinski definition) is 3. The van der Waals surface area contributed by atoms with Crippen molar-refractivity contribution in [3.63, 3.8) is 0 Å². The molecule has 0 N–H and O–H groups in total. The van der Waals surface area contributed by atoms with Crippen molar-refractivity contribution < 1.29 is 4.79 Å². The smallest absolute Gasteiger partial charge is 0.244 e. The van der Waals surface area contributed by atoms with Crippen LogP contribution < -0.4 is 0 Å². The molecule has 5 rings (SSSR count). The van der Waals surface area contributed by atoms with Crippen LogP contribution in [0.2, 0.25) is 10.0 Å². The summed E-state index contributed by atoms with van der Waals surface area (Å²) in [4.78, 5) is 20.6. The Morgan fingerprint density at radius 1 is 1.10 bits per heavy atom. The molecule has 1 aromatic carbocycles. The van der Waals surface area contributed by atoms with Gasteiger partial charge in [-0.05, 0) is 74.9 Å². The highest BCUT2D eigenvalue weighted by molar-refractivity contribution is 6.33. The van der Waals surface area contributed by atoms with Gasteiger partial charge in [0, 0.05) is 41.4 Å². The summed E-state index contributed by atoms with van der Waals surface area (Å²) in [5.74, 6) is 0.263. The van der Waals surface area contributed by atoms with Crippen LogP contribution in [0.15, 0.2) is 41.7 Å². The third-order valence-corrected chi connectivity index (χ3v) is 7.21. The van der Waals surface area contributed by atoms with Gasteiger partial charge in [-0.15, -0.1) is 0 Å². The SMILES string of the molecule is O=C([C@H]1CCCN1Cc1cc(Cl)ccc1Cl)N1CCN(C2CC2)C2=C1CCC=C2. The number of carbonyl (C=O) groups excluding carboxylic acids is 1. The van der Waals surface area contributed by atoms with Crippen molar-refractivity contribution in [1.82, 2.24) is 14.7 Å². The van der Waals surface area contributed by atoms with E-state index in [9.17, 15) is 4.79 Å². The minimum atomic E-state index is -0.0721. The maximum atomic E-state index is 13.6. The number of likely N-dealkylation sites (tertiary alicyclic amines) is 1. The topological polar surface area (TPSA) is 26.8 Å². The Morgan fingerprint density at radius 2 is 1.97 bits per heavy atom. The first-order chi connectivity index (χ1) is 14.1. The highest BCUT2D eigenvalue weighted by Crippen LogP contribution is 2.38. The number of allylic oxidation sites excluding steroid dienone is 3. The van der Waals surface area contributed by atoms with Crippen LogP contribution in [0, 0.1) is 0 Å². The number of nitrogens with zero attached hydrogens (tertiary/aromatic N) is 3. The van der Waals surface area contributed by atoms with Gasteiger partial charge in [-0.3, -0.25) is 9.69 Å². The molecule has 4 nitrogen and oxygen atoms in total. The number of benzene rings is 1. The molecule has 1 saturated carbocycles. The van der Waals surface area contributed by atoms with Crippen molar-refractivity contribution in [2.75, 3.05) is 19.6 Å². The molecular formula is C23H27Cl2N3O. The van der Waals surface area contributed by atoms with Gasteiger partial charge in [0.2, 0.25) is 5.91 Å². The maximum absolute atomic E-state index is 13.6. The second-order valence-electron chi connectivity index (χ2n) is 8.55. The Kier molecular flexibility index (Phi) is 5.35. The summed E-state index contributed by atoms with van der Waals surface area (Å²) in [5.41, 5.74) is 3.53. The van der Waals surface area contributed by atoms with Crippen molar-refractivity contribution >= 4 is 29.1 Å². The van der Waals surface area contributed by atoms with Crippen LogP contribution >= 0.6 is 23.2 Å². The second-order valence-corrected chi connectivity index (χ2v) is 9.40. The number of carbonyl (C=O) groups is 1. The minimum absolute atomic E-state index is 0.0721. The molecule has 29 heavy (non-hydrogen) atoms. The van der Waals surface area contributed by atoms with E-state index in [1.807, 2.05) is 18.2 Å². The quantitative estimate of drug-likeness (QED) is 0.682. The van der Waals surface area contributed by atoms with Crippen LogP contribution in [-0.4, -0.2) is 52.3 Å². The van der Waals surface area contributed by atoms with Gasteiger partial charge in [0.25, 0.3) is 0 Å². The highest BCUT2D eigenvalue weighted by Gasteiger charge is 2.40. The lowest BCUT2D eigenvalue weighted by Gasteiger charge is -2.42. The fourth-order valence-corrected chi connectivity index (χ4v) is 5.38. The van der Waals surface area contributed by atoms with E-state index in [4.69, 9.17) is 23.2 Å². The Hall–Kier alpha value is -1.49. The molecule has 0 radical (unpaired) electrons. The first-order valence-corrected chi connectivity index (χ1v) is 11.5. The lowest BCUT2D eigenvalue weighted by Crippen LogP contribution is -2.51. The molecular weight excluding hydrogens is 405 g/mol. The van der Waals surface area contributed by atoms with E-state index in [-0.39, 0.29) is 11.9 Å². The molecule has 1 aromatic rings. The molecule has 1 atom stereocenters. The highest BCUT2D eigenvalue weighted by atomic mass is 35.5. The van der Waals surface area contributed by atoms with Gasteiger partial charge in [0.05, 0.1) is 11.7 Å². The molecule has 2 aliphatic carbocycles. The van der Waals surface area contributed by atoms with Crippen molar-refractivity contribution in [3.8, 4) is 0 Å². The van der Waals surface area contributed by atoms with Crippen molar-refractivity contribution in [2.24, 2.45) is 0 Å². The zero-order valence-corrected chi connectivity index (χ0v) is 18.1. The molecule has 2 heterocycles. The molecule has 1 amide bonds. The maximum Gasteiger partial charge on any atom is 0.244 e. The molecule has 2 fully saturated rings. The lowest BCUT2D eigenvalue weighted by atomic mass is 10.0. The first kappa shape index (κ1) is 19.5. The van der Waals surface area contributed by atoms with E-state index in [1.54, 1.807) is 0 Å². The Morgan fingerprint density at radius 3 is 2.79 bits per heavy atom. The average Bonchev–Trinajstić information content (AvgIpc) is 3.48. The largest absolute Gasteiger partial charge is 0.365 e. The molecule has 1 saturated heterocycles. The third-order valence-electron chi connectivity index (χ3n) is 6.60. The van der Waals surface area contributed by atoms with Crippen LogP contribution in [0.4, 0.5) is 0 Å². The van der Waals surface area contributed by atoms with Gasteiger partial charge < -0.3 is 9.80 Å². The molecule has 6 heteroatoms. The van der Waals surface area contributed by atoms with Crippen molar-refractivity contribution in [1.29, 1.82) is 0 Å². The monoisotopic (exact) mass is 431 g/mol. The average molecular weight is 432 g/mol. The van der Waals surface area contributed by atoms with Gasteiger partial charge >= 0.3 is 0 Å². The zero-order chi connectivity index (χ0) is 20.0. The van der Waals surface area contributed by atoms with Gasteiger partial charge in [0.15, 0.2) is 0 Å². The molecule has 4 aliphatic rings. The molecule has 0 aromatic heterocycles. The summed E-state index contributed by atoms with van der Waals surface area (Å²) in [5, 5.41) is 1.40. The predicted molar refractivity (Wildman–Crippen MR) is 117 cm³/mol. The summed E-state index contributed by atoms with van der Waals surface area (Å²) < 4.78 is 0. The van der Waals surface area contributed by atoms with E-state index in [0.29, 0.717) is 22.6 Å². The normalized spacial score (nSPS) is 25.0. The van der Waals surface area contributed by atoms with E-state index >= 15 is 0 Å². The molecule has 0 bridgehead atoms.